The molecule has 0 aromatic heterocycles. The molecular weight excluding hydrogens is 266 g/mol. The van der Waals surface area contributed by atoms with E-state index in [1.807, 2.05) is 26.0 Å². The van der Waals surface area contributed by atoms with E-state index in [1.54, 1.807) is 0 Å². The van der Waals surface area contributed by atoms with Gasteiger partial charge in [0.05, 0.1) is 0 Å². The van der Waals surface area contributed by atoms with Crippen LogP contribution in [0, 0.1) is 19.3 Å². The Hall–Kier alpha value is -1.55. The average molecular weight is 293 g/mol. The van der Waals surface area contributed by atoms with Gasteiger partial charge in [-0.1, -0.05) is 19.9 Å². The van der Waals surface area contributed by atoms with Gasteiger partial charge >= 0.3 is 0 Å². The van der Waals surface area contributed by atoms with Crippen molar-refractivity contribution in [3.8, 4) is 5.75 Å². The lowest BCUT2D eigenvalue weighted by molar-refractivity contribution is -0.123. The minimum absolute atomic E-state index is 0.0156. The highest BCUT2D eigenvalue weighted by Crippen LogP contribution is 2.20. The number of aliphatic hydroxyl groups is 1. The summed E-state index contributed by atoms with van der Waals surface area (Å²) in [5.41, 5.74) is 2.23. The van der Waals surface area contributed by atoms with Crippen LogP contribution < -0.4 is 10.1 Å². The van der Waals surface area contributed by atoms with Gasteiger partial charge in [0.25, 0.3) is 5.91 Å². The van der Waals surface area contributed by atoms with Crippen molar-refractivity contribution in [2.24, 2.45) is 5.41 Å². The summed E-state index contributed by atoms with van der Waals surface area (Å²) in [5.74, 6) is 0.605. The first kappa shape index (κ1) is 17.5. The maximum Gasteiger partial charge on any atom is 0.257 e. The Morgan fingerprint density at radius 3 is 2.43 bits per heavy atom. The van der Waals surface area contributed by atoms with Gasteiger partial charge in [-0.2, -0.15) is 0 Å². The van der Waals surface area contributed by atoms with Crippen LogP contribution >= 0.6 is 0 Å². The molecule has 0 saturated carbocycles. The van der Waals surface area contributed by atoms with E-state index in [0.29, 0.717) is 6.54 Å². The Kier molecular flexibility index (Phi) is 6.69. The molecule has 0 unspecified atom stereocenters. The molecule has 0 radical (unpaired) electrons. The number of carbonyl (C=O) groups is 1. The van der Waals surface area contributed by atoms with E-state index >= 15 is 0 Å². The van der Waals surface area contributed by atoms with Crippen LogP contribution in [-0.4, -0.2) is 30.8 Å². The van der Waals surface area contributed by atoms with Crippen molar-refractivity contribution in [2.75, 3.05) is 19.8 Å². The molecule has 0 atom stereocenters. The number of aryl methyl sites for hydroxylation is 2. The number of amides is 1. The van der Waals surface area contributed by atoms with E-state index in [2.05, 4.69) is 25.2 Å². The van der Waals surface area contributed by atoms with Gasteiger partial charge in [-0.15, -0.1) is 0 Å². The first-order valence-corrected chi connectivity index (χ1v) is 7.41. The zero-order chi connectivity index (χ0) is 15.9. The van der Waals surface area contributed by atoms with Gasteiger partial charge in [-0.3, -0.25) is 4.79 Å². The molecule has 0 heterocycles. The lowest BCUT2D eigenvalue weighted by Crippen LogP contribution is -2.36. The van der Waals surface area contributed by atoms with Gasteiger partial charge in [0, 0.05) is 13.2 Å². The van der Waals surface area contributed by atoms with Crippen LogP contribution in [0.4, 0.5) is 0 Å². The molecule has 1 amide bonds. The molecule has 21 heavy (non-hydrogen) atoms. The Labute approximate surface area is 127 Å². The molecule has 0 aliphatic carbocycles. The zero-order valence-electron chi connectivity index (χ0n) is 13.5. The molecule has 0 aliphatic heterocycles. The van der Waals surface area contributed by atoms with Crippen molar-refractivity contribution in [1.29, 1.82) is 0 Å². The standard InChI is InChI=1S/C17H27NO3/c1-13-8-14(2)10-15(9-13)21-11-16(20)18-12-17(3,4)6-5-7-19/h8-10,19H,5-7,11-12H2,1-4H3,(H,18,20). The summed E-state index contributed by atoms with van der Waals surface area (Å²) in [6, 6.07) is 5.91. The number of hydrogen-bond acceptors (Lipinski definition) is 3. The van der Waals surface area contributed by atoms with Crippen LogP contribution in [0.15, 0.2) is 18.2 Å². The lowest BCUT2D eigenvalue weighted by atomic mass is 9.88. The fourth-order valence-electron chi connectivity index (χ4n) is 2.20. The predicted molar refractivity (Wildman–Crippen MR) is 84.5 cm³/mol. The number of hydrogen-bond donors (Lipinski definition) is 2. The third-order valence-electron chi connectivity index (χ3n) is 3.34. The van der Waals surface area contributed by atoms with Crippen LogP contribution in [0.5, 0.6) is 5.75 Å². The molecule has 118 valence electrons. The van der Waals surface area contributed by atoms with Crippen molar-refractivity contribution in [1.82, 2.24) is 5.32 Å². The second-order valence-electron chi connectivity index (χ2n) is 6.38. The van der Waals surface area contributed by atoms with E-state index in [-0.39, 0.29) is 24.5 Å². The van der Waals surface area contributed by atoms with Crippen LogP contribution in [-0.2, 0) is 4.79 Å². The third kappa shape index (κ3) is 7.14. The highest BCUT2D eigenvalue weighted by atomic mass is 16.5. The fraction of sp³-hybridized carbons (Fsp3) is 0.588. The van der Waals surface area contributed by atoms with Crippen LogP contribution in [0.3, 0.4) is 0 Å². The Morgan fingerprint density at radius 1 is 1.24 bits per heavy atom. The maximum absolute atomic E-state index is 11.8. The van der Waals surface area contributed by atoms with E-state index < -0.39 is 0 Å². The highest BCUT2D eigenvalue weighted by Gasteiger charge is 2.18. The van der Waals surface area contributed by atoms with Gasteiger partial charge in [-0.05, 0) is 55.4 Å². The maximum atomic E-state index is 11.8. The van der Waals surface area contributed by atoms with Crippen molar-refractivity contribution in [2.45, 2.75) is 40.5 Å². The quantitative estimate of drug-likeness (QED) is 0.774. The van der Waals surface area contributed by atoms with Gasteiger partial charge < -0.3 is 15.2 Å². The van der Waals surface area contributed by atoms with E-state index in [4.69, 9.17) is 9.84 Å². The molecule has 0 fully saturated rings. The van der Waals surface area contributed by atoms with Crippen molar-refractivity contribution < 1.29 is 14.6 Å². The molecule has 1 aromatic carbocycles. The summed E-state index contributed by atoms with van der Waals surface area (Å²) >= 11 is 0. The topological polar surface area (TPSA) is 58.6 Å². The molecule has 0 aliphatic rings. The molecule has 1 rings (SSSR count). The molecule has 4 nitrogen and oxygen atoms in total. The largest absolute Gasteiger partial charge is 0.484 e. The molecular formula is C17H27NO3. The second-order valence-corrected chi connectivity index (χ2v) is 6.38. The number of ether oxygens (including phenoxy) is 1. The summed E-state index contributed by atoms with van der Waals surface area (Å²) < 4.78 is 5.52. The minimum atomic E-state index is -0.119. The van der Waals surface area contributed by atoms with Gasteiger partial charge in [0.1, 0.15) is 5.75 Å². The van der Waals surface area contributed by atoms with Gasteiger partial charge in [0.15, 0.2) is 6.61 Å². The molecule has 1 aromatic rings. The second kappa shape index (κ2) is 8.03. The molecule has 0 saturated heterocycles. The van der Waals surface area contributed by atoms with Crippen LogP contribution in [0.25, 0.3) is 0 Å². The lowest BCUT2D eigenvalue weighted by Gasteiger charge is -2.24. The zero-order valence-corrected chi connectivity index (χ0v) is 13.5. The predicted octanol–water partition coefficient (Wildman–Crippen LogP) is 2.60. The normalized spacial score (nSPS) is 11.3. The molecule has 4 heteroatoms. The molecule has 0 bridgehead atoms. The highest BCUT2D eigenvalue weighted by molar-refractivity contribution is 5.77. The first-order chi connectivity index (χ1) is 9.82. The number of carbonyl (C=O) groups excluding carboxylic acids is 1. The number of rotatable bonds is 8. The van der Waals surface area contributed by atoms with Crippen molar-refractivity contribution in [3.05, 3.63) is 29.3 Å². The van der Waals surface area contributed by atoms with Crippen molar-refractivity contribution in [3.63, 3.8) is 0 Å². The average Bonchev–Trinajstić information content (AvgIpc) is 2.40. The first-order valence-electron chi connectivity index (χ1n) is 7.41. The van der Waals surface area contributed by atoms with Gasteiger partial charge in [-0.25, -0.2) is 0 Å². The SMILES string of the molecule is Cc1cc(C)cc(OCC(=O)NCC(C)(C)CCCO)c1. The van der Waals surface area contributed by atoms with E-state index in [1.165, 1.54) is 0 Å². The Balaban J connectivity index is 2.37. The summed E-state index contributed by atoms with van der Waals surface area (Å²) in [6.45, 7) is 8.96. The van der Waals surface area contributed by atoms with E-state index in [0.717, 1.165) is 29.7 Å². The summed E-state index contributed by atoms with van der Waals surface area (Å²) in [4.78, 5) is 11.8. The molecule has 2 N–H and O–H groups in total. The van der Waals surface area contributed by atoms with Crippen LogP contribution in [0.2, 0.25) is 0 Å². The Bertz CT molecular complexity index is 449. The minimum Gasteiger partial charge on any atom is -0.484 e. The number of nitrogens with one attached hydrogen (secondary N) is 1. The van der Waals surface area contributed by atoms with Crippen molar-refractivity contribution >= 4 is 5.91 Å². The summed E-state index contributed by atoms with van der Waals surface area (Å²) in [5, 5.41) is 11.7. The van der Waals surface area contributed by atoms with Crippen LogP contribution in [0.1, 0.15) is 37.8 Å². The smallest absolute Gasteiger partial charge is 0.257 e. The number of benzene rings is 1. The van der Waals surface area contributed by atoms with Gasteiger partial charge in [0.2, 0.25) is 0 Å². The fourth-order valence-corrected chi connectivity index (χ4v) is 2.20. The summed E-state index contributed by atoms with van der Waals surface area (Å²) in [6.07, 6.45) is 1.63. The monoisotopic (exact) mass is 293 g/mol. The third-order valence-corrected chi connectivity index (χ3v) is 3.34. The molecule has 0 spiro atoms. The Morgan fingerprint density at radius 2 is 1.86 bits per heavy atom. The van der Waals surface area contributed by atoms with E-state index in [9.17, 15) is 4.79 Å². The number of aliphatic hydroxyl groups excluding tert-OH is 1. The summed E-state index contributed by atoms with van der Waals surface area (Å²) in [7, 11) is 0.